The molecule has 0 atom stereocenters. The van der Waals surface area contributed by atoms with Crippen molar-refractivity contribution >= 4 is 0 Å². The summed E-state index contributed by atoms with van der Waals surface area (Å²) in [7, 11) is 0. The summed E-state index contributed by atoms with van der Waals surface area (Å²) in [6.45, 7) is 0.386. The Morgan fingerprint density at radius 2 is 1.22 bits per heavy atom. The Hall–Kier alpha value is -0.670. The third-order valence-corrected chi connectivity index (χ3v) is 1.90. The molecule has 0 heterocycles. The molecule has 0 rings (SSSR count). The van der Waals surface area contributed by atoms with E-state index < -0.39 is 30.7 Å². The van der Waals surface area contributed by atoms with Crippen LogP contribution in [0.4, 0.5) is 39.5 Å². The third-order valence-electron chi connectivity index (χ3n) is 1.90. The predicted octanol–water partition coefficient (Wildman–Crippen LogP) is 4.23. The summed E-state index contributed by atoms with van der Waals surface area (Å²) in [6, 6.07) is 0. The molecular formula is C8H9F9O. The van der Waals surface area contributed by atoms with Gasteiger partial charge in [0, 0.05) is 0 Å². The number of unbranched alkanes of at least 4 members (excludes halogenated alkanes) is 1. The maximum absolute atomic E-state index is 12.6. The summed E-state index contributed by atoms with van der Waals surface area (Å²) >= 11 is 0. The van der Waals surface area contributed by atoms with Gasteiger partial charge in [-0.2, -0.15) is 39.5 Å². The lowest BCUT2D eigenvalue weighted by atomic mass is 10.1. The van der Waals surface area contributed by atoms with E-state index >= 15 is 0 Å². The molecule has 0 radical (unpaired) electrons. The van der Waals surface area contributed by atoms with Gasteiger partial charge in [-0.05, 0) is 6.42 Å². The smallest absolute Gasteiger partial charge is 0.316 e. The van der Waals surface area contributed by atoms with Gasteiger partial charge < -0.3 is 4.74 Å². The van der Waals surface area contributed by atoms with E-state index in [1.54, 1.807) is 0 Å². The molecular weight excluding hydrogens is 283 g/mol. The second-order valence-corrected chi connectivity index (χ2v) is 3.37. The van der Waals surface area contributed by atoms with Crippen molar-refractivity contribution in [1.29, 1.82) is 0 Å². The first-order valence-corrected chi connectivity index (χ1v) is 4.65. The zero-order chi connectivity index (χ0) is 14.8. The summed E-state index contributed by atoms with van der Waals surface area (Å²) in [6.07, 6.45) is -12.7. The Labute approximate surface area is 95.9 Å². The minimum absolute atomic E-state index is 0.191. The van der Waals surface area contributed by atoms with Crippen LogP contribution >= 0.6 is 0 Å². The van der Waals surface area contributed by atoms with E-state index in [1.807, 2.05) is 0 Å². The first kappa shape index (κ1) is 17.3. The van der Waals surface area contributed by atoms with Crippen molar-refractivity contribution in [2.24, 2.45) is 0 Å². The van der Waals surface area contributed by atoms with Crippen LogP contribution < -0.4 is 0 Å². The zero-order valence-corrected chi connectivity index (χ0v) is 8.93. The van der Waals surface area contributed by atoms with E-state index in [0.29, 0.717) is 0 Å². The third kappa shape index (κ3) is 3.01. The fourth-order valence-corrected chi connectivity index (χ4v) is 0.796. The van der Waals surface area contributed by atoms with Crippen molar-refractivity contribution in [2.75, 3.05) is 6.61 Å². The lowest BCUT2D eigenvalue weighted by Gasteiger charge is -2.32. The van der Waals surface area contributed by atoms with Crippen molar-refractivity contribution in [1.82, 2.24) is 0 Å². The van der Waals surface area contributed by atoms with Crippen molar-refractivity contribution in [3.05, 3.63) is 0 Å². The molecule has 0 bridgehead atoms. The monoisotopic (exact) mass is 292 g/mol. The van der Waals surface area contributed by atoms with Crippen LogP contribution in [0.3, 0.4) is 0 Å². The highest BCUT2D eigenvalue weighted by Gasteiger charge is 2.82. The highest BCUT2D eigenvalue weighted by atomic mass is 19.4. The molecule has 0 aliphatic heterocycles. The van der Waals surface area contributed by atoms with Gasteiger partial charge in [-0.25, -0.2) is 0 Å². The van der Waals surface area contributed by atoms with Crippen LogP contribution in [0.2, 0.25) is 0 Å². The van der Waals surface area contributed by atoms with E-state index in [-0.39, 0.29) is 12.8 Å². The Kier molecular flexibility index (Phi) is 4.95. The van der Waals surface area contributed by atoms with E-state index in [1.165, 1.54) is 6.92 Å². The maximum atomic E-state index is 12.6. The molecule has 0 aromatic rings. The normalized spacial score (nSPS) is 15.0. The number of halogens is 9. The molecule has 0 fully saturated rings. The van der Waals surface area contributed by atoms with Crippen LogP contribution in [-0.4, -0.2) is 30.7 Å². The molecule has 0 spiro atoms. The Morgan fingerprint density at radius 1 is 0.778 bits per heavy atom. The van der Waals surface area contributed by atoms with Crippen LogP contribution in [0, 0.1) is 0 Å². The number of ether oxygens (including phenoxy) is 1. The molecule has 0 unspecified atom stereocenters. The lowest BCUT2D eigenvalue weighted by Crippen LogP contribution is -2.61. The quantitative estimate of drug-likeness (QED) is 0.526. The predicted molar refractivity (Wildman–Crippen MR) is 41.8 cm³/mol. The zero-order valence-electron chi connectivity index (χ0n) is 8.93. The molecule has 0 aromatic carbocycles. The van der Waals surface area contributed by atoms with Crippen molar-refractivity contribution in [3.8, 4) is 0 Å². The minimum Gasteiger partial charge on any atom is -0.316 e. The molecule has 110 valence electrons. The molecule has 0 aliphatic carbocycles. The number of hydrogen-bond donors (Lipinski definition) is 0. The lowest BCUT2D eigenvalue weighted by molar-refractivity contribution is -0.444. The standard InChI is InChI=1S/C8H9F9O/c1-2-3-4-18-8(16,17)6(11,12)5(9,10)7(13,14)15/h2-4H2,1H3. The fourth-order valence-electron chi connectivity index (χ4n) is 0.796. The van der Waals surface area contributed by atoms with Gasteiger partial charge in [0.25, 0.3) is 0 Å². The molecule has 0 saturated heterocycles. The second kappa shape index (κ2) is 5.14. The first-order chi connectivity index (χ1) is 7.81. The molecule has 0 N–H and O–H groups in total. The van der Waals surface area contributed by atoms with Gasteiger partial charge in [0.2, 0.25) is 0 Å². The van der Waals surface area contributed by atoms with Gasteiger partial charge in [-0.1, -0.05) is 13.3 Å². The van der Waals surface area contributed by atoms with Gasteiger partial charge in [-0.3, -0.25) is 0 Å². The van der Waals surface area contributed by atoms with Gasteiger partial charge in [0.05, 0.1) is 6.61 Å². The average molecular weight is 292 g/mol. The molecule has 1 nitrogen and oxygen atoms in total. The summed E-state index contributed by atoms with van der Waals surface area (Å²) in [5.74, 6) is -13.6. The van der Waals surface area contributed by atoms with Gasteiger partial charge in [0.1, 0.15) is 0 Å². The number of hydrogen-bond acceptors (Lipinski definition) is 1. The van der Waals surface area contributed by atoms with Crippen molar-refractivity contribution in [3.63, 3.8) is 0 Å². The van der Waals surface area contributed by atoms with Gasteiger partial charge in [0.15, 0.2) is 0 Å². The van der Waals surface area contributed by atoms with Crippen molar-refractivity contribution < 1.29 is 44.3 Å². The summed E-state index contributed by atoms with van der Waals surface area (Å²) in [4.78, 5) is 0. The minimum atomic E-state index is -6.89. The highest BCUT2D eigenvalue weighted by molar-refractivity contribution is 4.96. The van der Waals surface area contributed by atoms with Crippen LogP contribution in [0.1, 0.15) is 19.8 Å². The Morgan fingerprint density at radius 3 is 1.56 bits per heavy atom. The Bertz CT molecular complexity index is 270. The van der Waals surface area contributed by atoms with E-state index in [2.05, 4.69) is 4.74 Å². The maximum Gasteiger partial charge on any atom is 0.460 e. The molecule has 0 aliphatic rings. The highest BCUT2D eigenvalue weighted by Crippen LogP contribution is 2.53. The molecule has 0 saturated carbocycles. The fraction of sp³-hybridized carbons (Fsp3) is 1.00. The van der Waals surface area contributed by atoms with Crippen LogP contribution in [-0.2, 0) is 4.74 Å². The van der Waals surface area contributed by atoms with Gasteiger partial charge in [-0.15, -0.1) is 0 Å². The topological polar surface area (TPSA) is 9.23 Å². The SMILES string of the molecule is CCCCOC(F)(F)C(F)(F)C(F)(F)C(F)(F)F. The van der Waals surface area contributed by atoms with Crippen LogP contribution in [0.5, 0.6) is 0 Å². The van der Waals surface area contributed by atoms with E-state index in [4.69, 9.17) is 0 Å². The molecule has 0 amide bonds. The molecule has 10 heteroatoms. The second-order valence-electron chi connectivity index (χ2n) is 3.37. The van der Waals surface area contributed by atoms with Crippen LogP contribution in [0.15, 0.2) is 0 Å². The molecule has 0 aromatic heterocycles. The first-order valence-electron chi connectivity index (χ1n) is 4.65. The average Bonchev–Trinajstić information content (AvgIpc) is 2.15. The summed E-state index contributed by atoms with van der Waals surface area (Å²) < 4.78 is 113. The van der Waals surface area contributed by atoms with Crippen molar-refractivity contribution in [2.45, 2.75) is 43.9 Å². The summed E-state index contributed by atoms with van der Waals surface area (Å²) in [5.41, 5.74) is 0. The van der Waals surface area contributed by atoms with E-state index in [0.717, 1.165) is 0 Å². The van der Waals surface area contributed by atoms with E-state index in [9.17, 15) is 39.5 Å². The van der Waals surface area contributed by atoms with Crippen LogP contribution in [0.25, 0.3) is 0 Å². The Balaban J connectivity index is 5.11. The number of alkyl halides is 9. The number of rotatable bonds is 6. The molecule has 18 heavy (non-hydrogen) atoms. The summed E-state index contributed by atoms with van der Waals surface area (Å²) in [5, 5.41) is 0. The largest absolute Gasteiger partial charge is 0.460 e. The van der Waals surface area contributed by atoms with Gasteiger partial charge >= 0.3 is 24.1 Å².